The summed E-state index contributed by atoms with van der Waals surface area (Å²) in [7, 11) is 0. The number of hydrogen-bond acceptors (Lipinski definition) is 3. The molecule has 1 aromatic heterocycles. The monoisotopic (exact) mass is 250 g/mol. The van der Waals surface area contributed by atoms with Crippen molar-refractivity contribution >= 4 is 23.2 Å². The number of rotatable bonds is 5. The number of ether oxygens (including phenoxy) is 1. The molecular formula is C9H12Cl2N2O2. The van der Waals surface area contributed by atoms with Crippen LogP contribution in [0.15, 0.2) is 11.1 Å². The van der Waals surface area contributed by atoms with Crippen molar-refractivity contribution in [2.24, 2.45) is 0 Å². The maximum absolute atomic E-state index is 11.5. The summed E-state index contributed by atoms with van der Waals surface area (Å²) in [4.78, 5) is 15.3. The van der Waals surface area contributed by atoms with Gasteiger partial charge in [0.05, 0.1) is 19.5 Å². The average Bonchev–Trinajstić information content (AvgIpc) is 2.24. The molecule has 1 heterocycles. The lowest BCUT2D eigenvalue weighted by Crippen LogP contribution is -2.23. The molecule has 0 bridgehead atoms. The first-order valence-electron chi connectivity index (χ1n) is 4.65. The number of hydrogen-bond donors (Lipinski definition) is 0. The highest BCUT2D eigenvalue weighted by Crippen LogP contribution is 2.12. The smallest absolute Gasteiger partial charge is 0.273 e. The lowest BCUT2D eigenvalue weighted by atomic mass is 10.5. The second-order valence-electron chi connectivity index (χ2n) is 2.96. The molecular weight excluding hydrogens is 239 g/mol. The molecule has 0 N–H and O–H groups in total. The van der Waals surface area contributed by atoms with Crippen molar-refractivity contribution in [1.82, 2.24) is 9.55 Å². The molecule has 84 valence electrons. The number of halogens is 2. The predicted molar refractivity (Wildman–Crippen MR) is 59.6 cm³/mol. The minimum atomic E-state index is -0.336. The van der Waals surface area contributed by atoms with Gasteiger partial charge < -0.3 is 4.74 Å². The highest BCUT2D eigenvalue weighted by molar-refractivity contribution is 6.40. The molecule has 0 radical (unpaired) electrons. The maximum atomic E-state index is 11.5. The van der Waals surface area contributed by atoms with Gasteiger partial charge in [-0.2, -0.15) is 0 Å². The third-order valence-electron chi connectivity index (χ3n) is 1.77. The van der Waals surface area contributed by atoms with Crippen LogP contribution in [0, 0.1) is 0 Å². The zero-order chi connectivity index (χ0) is 11.3. The Morgan fingerprint density at radius 3 is 2.87 bits per heavy atom. The summed E-state index contributed by atoms with van der Waals surface area (Å²) in [5, 5.41) is -0.0120. The minimum Gasteiger partial charge on any atom is -0.380 e. The molecule has 0 saturated heterocycles. The summed E-state index contributed by atoms with van der Waals surface area (Å²) in [6.45, 7) is 3.60. The molecule has 0 amide bonds. The van der Waals surface area contributed by atoms with Crippen LogP contribution in [0.1, 0.15) is 13.3 Å². The highest BCUT2D eigenvalue weighted by Gasteiger charge is 2.06. The van der Waals surface area contributed by atoms with Crippen LogP contribution < -0.4 is 5.56 Å². The van der Waals surface area contributed by atoms with Gasteiger partial charge >= 0.3 is 0 Å². The summed E-state index contributed by atoms with van der Waals surface area (Å²) in [5.41, 5.74) is -0.336. The fourth-order valence-electron chi connectivity index (χ4n) is 1.01. The van der Waals surface area contributed by atoms with Crippen LogP contribution in [0.3, 0.4) is 0 Å². The van der Waals surface area contributed by atoms with Gasteiger partial charge in [0.2, 0.25) is 0 Å². The van der Waals surface area contributed by atoms with Gasteiger partial charge in [-0.1, -0.05) is 30.1 Å². The summed E-state index contributed by atoms with van der Waals surface area (Å²) >= 11 is 11.2. The predicted octanol–water partition coefficient (Wildman–Crippen LogP) is 1.98. The van der Waals surface area contributed by atoms with E-state index in [0.717, 1.165) is 6.42 Å². The standard InChI is InChI=1S/C9H12Cl2N2O2/c1-2-4-15-5-3-13-6-12-8(11)7(10)9(13)14/h6H,2-5H2,1H3. The Morgan fingerprint density at radius 1 is 1.47 bits per heavy atom. The van der Waals surface area contributed by atoms with Gasteiger partial charge in [0.1, 0.15) is 5.02 Å². The third kappa shape index (κ3) is 3.48. The molecule has 0 saturated carbocycles. The SMILES string of the molecule is CCCOCCn1cnc(Cl)c(Cl)c1=O. The molecule has 1 aromatic rings. The van der Waals surface area contributed by atoms with E-state index < -0.39 is 0 Å². The first kappa shape index (κ1) is 12.5. The van der Waals surface area contributed by atoms with Crippen LogP contribution in [0.25, 0.3) is 0 Å². The van der Waals surface area contributed by atoms with Crippen molar-refractivity contribution < 1.29 is 4.74 Å². The van der Waals surface area contributed by atoms with E-state index in [2.05, 4.69) is 4.98 Å². The first-order chi connectivity index (χ1) is 7.16. The second kappa shape index (κ2) is 6.10. The van der Waals surface area contributed by atoms with Crippen LogP contribution in [0.4, 0.5) is 0 Å². The summed E-state index contributed by atoms with van der Waals surface area (Å²) in [6, 6.07) is 0. The Kier molecular flexibility index (Phi) is 5.08. The van der Waals surface area contributed by atoms with Gasteiger partial charge in [-0.15, -0.1) is 0 Å². The molecule has 0 spiro atoms. The van der Waals surface area contributed by atoms with E-state index in [9.17, 15) is 4.79 Å². The number of aromatic nitrogens is 2. The lowest BCUT2D eigenvalue weighted by Gasteiger charge is -2.06. The third-order valence-corrected chi connectivity index (χ3v) is 2.49. The Morgan fingerprint density at radius 2 is 2.20 bits per heavy atom. The van der Waals surface area contributed by atoms with Gasteiger partial charge in [-0.05, 0) is 6.42 Å². The van der Waals surface area contributed by atoms with E-state index in [-0.39, 0.29) is 15.7 Å². The van der Waals surface area contributed by atoms with E-state index in [1.165, 1.54) is 10.9 Å². The Labute approximate surface area is 97.8 Å². The van der Waals surface area contributed by atoms with E-state index in [4.69, 9.17) is 27.9 Å². The molecule has 6 heteroatoms. The molecule has 0 aliphatic rings. The van der Waals surface area contributed by atoms with Crippen LogP contribution in [-0.4, -0.2) is 22.8 Å². The highest BCUT2D eigenvalue weighted by atomic mass is 35.5. The molecule has 0 fully saturated rings. The van der Waals surface area contributed by atoms with E-state index in [1.807, 2.05) is 6.92 Å². The van der Waals surface area contributed by atoms with Gasteiger partial charge in [0.15, 0.2) is 5.15 Å². The van der Waals surface area contributed by atoms with E-state index in [0.29, 0.717) is 19.8 Å². The molecule has 0 aliphatic heterocycles. The number of nitrogens with zero attached hydrogens (tertiary/aromatic N) is 2. The second-order valence-corrected chi connectivity index (χ2v) is 3.70. The van der Waals surface area contributed by atoms with Gasteiger partial charge in [-0.25, -0.2) is 4.98 Å². The van der Waals surface area contributed by atoms with Crippen LogP contribution in [-0.2, 0) is 11.3 Å². The topological polar surface area (TPSA) is 44.1 Å². The molecule has 1 rings (SSSR count). The quantitative estimate of drug-likeness (QED) is 0.593. The van der Waals surface area contributed by atoms with Crippen molar-refractivity contribution in [2.45, 2.75) is 19.9 Å². The molecule has 0 aromatic carbocycles. The van der Waals surface area contributed by atoms with Crippen molar-refractivity contribution in [1.29, 1.82) is 0 Å². The van der Waals surface area contributed by atoms with Gasteiger partial charge in [0, 0.05) is 6.61 Å². The maximum Gasteiger partial charge on any atom is 0.273 e. The van der Waals surface area contributed by atoms with Gasteiger partial charge in [0.25, 0.3) is 5.56 Å². The molecule has 15 heavy (non-hydrogen) atoms. The minimum absolute atomic E-state index is 0.0346. The molecule has 0 atom stereocenters. The van der Waals surface area contributed by atoms with Crippen LogP contribution >= 0.6 is 23.2 Å². The van der Waals surface area contributed by atoms with Crippen LogP contribution in [0.5, 0.6) is 0 Å². The van der Waals surface area contributed by atoms with E-state index in [1.54, 1.807) is 0 Å². The normalized spacial score (nSPS) is 10.6. The Hall–Kier alpha value is -0.580. The molecule has 0 unspecified atom stereocenters. The molecule has 4 nitrogen and oxygen atoms in total. The Bertz CT molecular complexity index is 379. The zero-order valence-electron chi connectivity index (χ0n) is 8.37. The van der Waals surface area contributed by atoms with Gasteiger partial charge in [-0.3, -0.25) is 9.36 Å². The summed E-state index contributed by atoms with van der Waals surface area (Å²) in [5.74, 6) is 0. The summed E-state index contributed by atoms with van der Waals surface area (Å²) < 4.78 is 6.63. The fraction of sp³-hybridized carbons (Fsp3) is 0.556. The van der Waals surface area contributed by atoms with Crippen molar-refractivity contribution in [3.63, 3.8) is 0 Å². The fourth-order valence-corrected chi connectivity index (χ4v) is 1.29. The van der Waals surface area contributed by atoms with E-state index >= 15 is 0 Å². The zero-order valence-corrected chi connectivity index (χ0v) is 9.88. The lowest BCUT2D eigenvalue weighted by molar-refractivity contribution is 0.126. The van der Waals surface area contributed by atoms with Crippen molar-refractivity contribution in [3.8, 4) is 0 Å². The molecule has 0 aliphatic carbocycles. The van der Waals surface area contributed by atoms with Crippen molar-refractivity contribution in [2.75, 3.05) is 13.2 Å². The van der Waals surface area contributed by atoms with Crippen LogP contribution in [0.2, 0.25) is 10.2 Å². The first-order valence-corrected chi connectivity index (χ1v) is 5.40. The van der Waals surface area contributed by atoms with Crippen molar-refractivity contribution in [3.05, 3.63) is 26.9 Å². The Balaban J connectivity index is 2.63. The summed E-state index contributed by atoms with van der Waals surface area (Å²) in [6.07, 6.45) is 2.32. The largest absolute Gasteiger partial charge is 0.380 e. The average molecular weight is 251 g/mol.